The van der Waals surface area contributed by atoms with Crippen LogP contribution in [0.1, 0.15) is 35.4 Å². The lowest BCUT2D eigenvalue weighted by Crippen LogP contribution is -2.34. The molecule has 124 valence electrons. The second kappa shape index (κ2) is 8.75. The van der Waals surface area contributed by atoms with Crippen LogP contribution >= 0.6 is 0 Å². The van der Waals surface area contributed by atoms with E-state index < -0.39 is 0 Å². The minimum Gasteiger partial charge on any atom is -0.330 e. The van der Waals surface area contributed by atoms with Gasteiger partial charge in [-0.15, -0.1) is 0 Å². The first kappa shape index (κ1) is 17.6. The van der Waals surface area contributed by atoms with Crippen LogP contribution in [-0.2, 0) is 12.8 Å². The smallest absolute Gasteiger partial charge is 0.0436 e. The molecule has 4 nitrogen and oxygen atoms in total. The molecule has 0 aliphatic heterocycles. The summed E-state index contributed by atoms with van der Waals surface area (Å²) in [5, 5.41) is 0. The van der Waals surface area contributed by atoms with Gasteiger partial charge in [0.05, 0.1) is 0 Å². The molecule has 0 aliphatic rings. The van der Waals surface area contributed by atoms with Crippen molar-refractivity contribution in [2.24, 2.45) is 17.4 Å². The van der Waals surface area contributed by atoms with Gasteiger partial charge in [-0.3, -0.25) is 9.97 Å². The fourth-order valence-electron chi connectivity index (χ4n) is 2.93. The van der Waals surface area contributed by atoms with Crippen molar-refractivity contribution in [2.45, 2.75) is 45.6 Å². The minimum atomic E-state index is 0.112. The van der Waals surface area contributed by atoms with Gasteiger partial charge >= 0.3 is 0 Å². The van der Waals surface area contributed by atoms with Crippen LogP contribution in [0.25, 0.3) is 0 Å². The molecule has 0 aromatic carbocycles. The first-order valence-electron chi connectivity index (χ1n) is 8.38. The van der Waals surface area contributed by atoms with Crippen LogP contribution in [0.5, 0.6) is 0 Å². The molecule has 0 bridgehead atoms. The van der Waals surface area contributed by atoms with Crippen LogP contribution in [0, 0.1) is 19.8 Å². The van der Waals surface area contributed by atoms with Crippen molar-refractivity contribution in [2.75, 3.05) is 6.54 Å². The highest BCUT2D eigenvalue weighted by Crippen LogP contribution is 2.21. The number of nitrogens with zero attached hydrogens (tertiary/aromatic N) is 2. The van der Waals surface area contributed by atoms with Crippen LogP contribution in [0.3, 0.4) is 0 Å². The van der Waals surface area contributed by atoms with Gasteiger partial charge in [-0.2, -0.15) is 0 Å². The molecule has 4 heteroatoms. The lowest BCUT2D eigenvalue weighted by atomic mass is 9.86. The molecule has 2 aromatic heterocycles. The van der Waals surface area contributed by atoms with Crippen LogP contribution in [0.2, 0.25) is 0 Å². The van der Waals surface area contributed by atoms with Gasteiger partial charge in [0.15, 0.2) is 0 Å². The average Bonchev–Trinajstić information content (AvgIpc) is 2.55. The molecule has 2 rings (SSSR count). The summed E-state index contributed by atoms with van der Waals surface area (Å²) in [4.78, 5) is 9.09. The maximum Gasteiger partial charge on any atom is 0.0436 e. The first-order valence-corrected chi connectivity index (χ1v) is 8.38. The van der Waals surface area contributed by atoms with Gasteiger partial charge in [-0.1, -0.05) is 12.1 Å². The highest BCUT2D eigenvalue weighted by molar-refractivity contribution is 5.21. The number of aromatic nitrogens is 2. The van der Waals surface area contributed by atoms with Crippen molar-refractivity contribution in [3.8, 4) is 0 Å². The molecule has 1 unspecified atom stereocenters. The molecule has 0 saturated heterocycles. The van der Waals surface area contributed by atoms with Crippen molar-refractivity contribution < 1.29 is 0 Å². The SMILES string of the molecule is Cc1cccnc1CC(Cc1ncccc1C)C(N)CCCN. The Hall–Kier alpha value is -1.78. The van der Waals surface area contributed by atoms with Gasteiger partial charge < -0.3 is 11.5 Å². The van der Waals surface area contributed by atoms with E-state index in [4.69, 9.17) is 11.5 Å². The van der Waals surface area contributed by atoms with Gasteiger partial charge in [0.25, 0.3) is 0 Å². The maximum absolute atomic E-state index is 6.49. The van der Waals surface area contributed by atoms with Gasteiger partial charge in [-0.25, -0.2) is 0 Å². The summed E-state index contributed by atoms with van der Waals surface area (Å²) in [5.74, 6) is 0.323. The summed E-state index contributed by atoms with van der Waals surface area (Å²) in [6.45, 7) is 4.90. The molecule has 2 aromatic rings. The third-order valence-electron chi connectivity index (χ3n) is 4.49. The van der Waals surface area contributed by atoms with Crippen LogP contribution in [-0.4, -0.2) is 22.6 Å². The Morgan fingerprint density at radius 2 is 1.48 bits per heavy atom. The summed E-state index contributed by atoms with van der Waals surface area (Å²) in [6, 6.07) is 8.28. The normalized spacial score (nSPS) is 12.6. The molecule has 0 aliphatic carbocycles. The average molecular weight is 312 g/mol. The van der Waals surface area contributed by atoms with E-state index in [-0.39, 0.29) is 6.04 Å². The Balaban J connectivity index is 2.17. The number of rotatable bonds is 8. The zero-order chi connectivity index (χ0) is 16.7. The predicted molar refractivity (Wildman–Crippen MR) is 95.1 cm³/mol. The number of hydrogen-bond acceptors (Lipinski definition) is 4. The van der Waals surface area contributed by atoms with Gasteiger partial charge in [0, 0.05) is 29.8 Å². The van der Waals surface area contributed by atoms with E-state index in [0.717, 1.165) is 37.1 Å². The maximum atomic E-state index is 6.49. The minimum absolute atomic E-state index is 0.112. The molecular weight excluding hydrogens is 284 g/mol. The zero-order valence-corrected chi connectivity index (χ0v) is 14.2. The lowest BCUT2D eigenvalue weighted by Gasteiger charge is -2.24. The monoisotopic (exact) mass is 312 g/mol. The Bertz CT molecular complexity index is 564. The van der Waals surface area contributed by atoms with E-state index in [1.165, 1.54) is 11.1 Å². The topological polar surface area (TPSA) is 77.8 Å². The van der Waals surface area contributed by atoms with Gasteiger partial charge in [-0.05, 0) is 75.3 Å². The van der Waals surface area contributed by atoms with Crippen molar-refractivity contribution in [3.63, 3.8) is 0 Å². The zero-order valence-electron chi connectivity index (χ0n) is 14.2. The number of aryl methyl sites for hydroxylation is 2. The standard InChI is InChI=1S/C19H28N4/c1-14-6-4-10-22-18(14)12-16(17(21)8-3-9-20)13-19-15(2)7-5-11-23-19/h4-7,10-11,16-17H,3,8-9,12-13,20-21H2,1-2H3. The highest BCUT2D eigenvalue weighted by Gasteiger charge is 2.21. The second-order valence-corrected chi connectivity index (χ2v) is 6.30. The second-order valence-electron chi connectivity index (χ2n) is 6.30. The molecule has 0 fully saturated rings. The summed E-state index contributed by atoms with van der Waals surface area (Å²) in [5.41, 5.74) is 16.9. The van der Waals surface area contributed by atoms with E-state index in [9.17, 15) is 0 Å². The number of nitrogens with two attached hydrogens (primary N) is 2. The van der Waals surface area contributed by atoms with E-state index in [0.29, 0.717) is 12.5 Å². The molecular formula is C19H28N4. The molecule has 4 N–H and O–H groups in total. The summed E-state index contributed by atoms with van der Waals surface area (Å²) in [6.07, 6.45) is 7.38. The third kappa shape index (κ3) is 5.12. The molecule has 0 spiro atoms. The molecule has 0 amide bonds. The molecule has 23 heavy (non-hydrogen) atoms. The summed E-state index contributed by atoms with van der Waals surface area (Å²) in [7, 11) is 0. The van der Waals surface area contributed by atoms with E-state index in [1.54, 1.807) is 0 Å². The molecule has 1 atom stereocenters. The van der Waals surface area contributed by atoms with Crippen LogP contribution in [0.15, 0.2) is 36.7 Å². The quantitative estimate of drug-likeness (QED) is 0.785. The van der Waals surface area contributed by atoms with E-state index >= 15 is 0 Å². The highest BCUT2D eigenvalue weighted by atomic mass is 14.7. The fraction of sp³-hybridized carbons (Fsp3) is 0.474. The first-order chi connectivity index (χ1) is 11.1. The molecule has 0 saturated carbocycles. The molecule has 2 heterocycles. The fourth-order valence-corrected chi connectivity index (χ4v) is 2.93. The van der Waals surface area contributed by atoms with Crippen molar-refractivity contribution in [1.82, 2.24) is 9.97 Å². The Morgan fingerprint density at radius 1 is 0.957 bits per heavy atom. The number of pyridine rings is 2. The predicted octanol–water partition coefficient (Wildman–Crippen LogP) is 2.56. The Labute approximate surface area is 139 Å². The van der Waals surface area contributed by atoms with Crippen molar-refractivity contribution >= 4 is 0 Å². The van der Waals surface area contributed by atoms with Crippen molar-refractivity contribution in [1.29, 1.82) is 0 Å². The number of hydrogen-bond donors (Lipinski definition) is 2. The van der Waals surface area contributed by atoms with Gasteiger partial charge in [0.2, 0.25) is 0 Å². The Kier molecular flexibility index (Phi) is 6.68. The molecule has 0 radical (unpaired) electrons. The lowest BCUT2D eigenvalue weighted by molar-refractivity contribution is 0.382. The van der Waals surface area contributed by atoms with Crippen LogP contribution in [0.4, 0.5) is 0 Å². The summed E-state index contributed by atoms with van der Waals surface area (Å²) < 4.78 is 0. The van der Waals surface area contributed by atoms with Crippen LogP contribution < -0.4 is 11.5 Å². The van der Waals surface area contributed by atoms with Gasteiger partial charge in [0.1, 0.15) is 0 Å². The largest absolute Gasteiger partial charge is 0.330 e. The van der Waals surface area contributed by atoms with E-state index in [1.807, 2.05) is 24.5 Å². The Morgan fingerprint density at radius 3 is 1.91 bits per heavy atom. The third-order valence-corrected chi connectivity index (χ3v) is 4.49. The van der Waals surface area contributed by atoms with Crippen molar-refractivity contribution in [3.05, 3.63) is 59.2 Å². The summed E-state index contributed by atoms with van der Waals surface area (Å²) >= 11 is 0. The van der Waals surface area contributed by atoms with E-state index in [2.05, 4.69) is 35.9 Å².